The second-order valence-corrected chi connectivity index (χ2v) is 6.21. The van der Waals surface area contributed by atoms with Gasteiger partial charge in [0.1, 0.15) is 11.6 Å². The van der Waals surface area contributed by atoms with Crippen LogP contribution in [0.1, 0.15) is 0 Å². The molecule has 0 fully saturated rings. The lowest BCUT2D eigenvalue weighted by atomic mass is 10.2. The van der Waals surface area contributed by atoms with Gasteiger partial charge in [0.25, 0.3) is 0 Å². The normalized spacial score (nSPS) is 10.3. The summed E-state index contributed by atoms with van der Waals surface area (Å²) in [6, 6.07) is 23.2. The first-order valence-corrected chi connectivity index (χ1v) is 8.54. The third kappa shape index (κ3) is 4.13. The number of rotatable bonds is 4. The Bertz CT molecular complexity index is 1070. The van der Waals surface area contributed by atoms with Crippen molar-refractivity contribution in [2.75, 3.05) is 12.4 Å². The molecule has 0 amide bonds. The van der Waals surface area contributed by atoms with Crippen LogP contribution in [0.25, 0.3) is 22.3 Å². The van der Waals surface area contributed by atoms with Crippen molar-refractivity contribution in [2.45, 2.75) is 0 Å². The van der Waals surface area contributed by atoms with Gasteiger partial charge in [-0.05, 0) is 48.5 Å². The number of ether oxygens (including phenoxy) is 1. The van der Waals surface area contributed by atoms with Gasteiger partial charge in [-0.2, -0.15) is 0 Å². The molecule has 0 radical (unpaired) electrons. The Balaban J connectivity index is 0.00000210. The first kappa shape index (κ1) is 19.0. The van der Waals surface area contributed by atoms with Crippen LogP contribution in [-0.4, -0.2) is 17.1 Å². The van der Waals surface area contributed by atoms with E-state index in [1.807, 2.05) is 72.8 Å². The van der Waals surface area contributed by atoms with E-state index < -0.39 is 0 Å². The molecule has 27 heavy (non-hydrogen) atoms. The molecular formula is C21H16Cl2N3O-. The maximum atomic E-state index is 6.00. The van der Waals surface area contributed by atoms with Gasteiger partial charge in [0.05, 0.1) is 12.6 Å². The van der Waals surface area contributed by atoms with E-state index in [0.717, 1.165) is 33.7 Å². The molecule has 3 aromatic carbocycles. The van der Waals surface area contributed by atoms with Crippen molar-refractivity contribution in [2.24, 2.45) is 0 Å². The molecular weight excluding hydrogens is 381 g/mol. The van der Waals surface area contributed by atoms with Gasteiger partial charge < -0.3 is 22.5 Å². The number of anilines is 2. The van der Waals surface area contributed by atoms with Gasteiger partial charge in [-0.25, -0.2) is 9.97 Å². The molecule has 0 unspecified atom stereocenters. The Kier molecular flexibility index (Phi) is 5.79. The lowest BCUT2D eigenvalue weighted by molar-refractivity contribution is -0.00000546. The number of nitrogens with one attached hydrogen (secondary N) is 1. The third-order valence-corrected chi connectivity index (χ3v) is 4.29. The Morgan fingerprint density at radius 2 is 1.67 bits per heavy atom. The summed E-state index contributed by atoms with van der Waals surface area (Å²) in [4.78, 5) is 9.44. The van der Waals surface area contributed by atoms with E-state index in [1.165, 1.54) is 0 Å². The predicted molar refractivity (Wildman–Crippen MR) is 106 cm³/mol. The van der Waals surface area contributed by atoms with Gasteiger partial charge in [0.15, 0.2) is 5.82 Å². The number of halogens is 2. The van der Waals surface area contributed by atoms with Crippen molar-refractivity contribution in [3.63, 3.8) is 0 Å². The molecule has 0 spiro atoms. The smallest absolute Gasteiger partial charge is 0.162 e. The summed E-state index contributed by atoms with van der Waals surface area (Å²) in [5.74, 6) is 2.17. The van der Waals surface area contributed by atoms with Crippen LogP contribution in [0.3, 0.4) is 0 Å². The second-order valence-electron chi connectivity index (χ2n) is 5.78. The molecule has 0 aliphatic carbocycles. The summed E-state index contributed by atoms with van der Waals surface area (Å²) in [6.07, 6.45) is 0. The van der Waals surface area contributed by atoms with Gasteiger partial charge in [0, 0.05) is 27.7 Å². The van der Waals surface area contributed by atoms with Gasteiger partial charge in [0.2, 0.25) is 0 Å². The molecule has 6 heteroatoms. The summed E-state index contributed by atoms with van der Waals surface area (Å²) in [7, 11) is 1.65. The Morgan fingerprint density at radius 1 is 0.889 bits per heavy atom. The summed E-state index contributed by atoms with van der Waals surface area (Å²) >= 11 is 6.00. The predicted octanol–water partition coefficient (Wildman–Crippen LogP) is 2.71. The third-order valence-electron chi connectivity index (χ3n) is 4.04. The summed E-state index contributed by atoms with van der Waals surface area (Å²) in [6.45, 7) is 0. The van der Waals surface area contributed by atoms with Crippen molar-refractivity contribution in [3.8, 4) is 17.1 Å². The number of nitrogens with zero attached hydrogens (tertiary/aromatic N) is 2. The van der Waals surface area contributed by atoms with Crippen LogP contribution < -0.4 is 22.5 Å². The van der Waals surface area contributed by atoms with Gasteiger partial charge >= 0.3 is 0 Å². The van der Waals surface area contributed by atoms with Crippen molar-refractivity contribution >= 4 is 34.0 Å². The molecule has 4 rings (SSSR count). The highest BCUT2D eigenvalue weighted by atomic mass is 35.5. The lowest BCUT2D eigenvalue weighted by Crippen LogP contribution is -3.00. The molecule has 136 valence electrons. The van der Waals surface area contributed by atoms with Crippen molar-refractivity contribution < 1.29 is 17.1 Å². The van der Waals surface area contributed by atoms with Gasteiger partial charge in [-0.3, -0.25) is 0 Å². The maximum Gasteiger partial charge on any atom is 0.162 e. The zero-order chi connectivity index (χ0) is 17.9. The van der Waals surface area contributed by atoms with Crippen molar-refractivity contribution in [3.05, 3.63) is 77.8 Å². The van der Waals surface area contributed by atoms with E-state index >= 15 is 0 Å². The Morgan fingerprint density at radius 3 is 2.44 bits per heavy atom. The molecule has 0 atom stereocenters. The minimum atomic E-state index is 0. The zero-order valence-electron chi connectivity index (χ0n) is 14.5. The highest BCUT2D eigenvalue weighted by molar-refractivity contribution is 6.30. The van der Waals surface area contributed by atoms with Crippen LogP contribution in [0.2, 0.25) is 5.02 Å². The zero-order valence-corrected chi connectivity index (χ0v) is 16.0. The first-order chi connectivity index (χ1) is 12.7. The molecule has 4 aromatic rings. The fraction of sp³-hybridized carbons (Fsp3) is 0.0476. The SMILES string of the molecule is COc1cccc(Nc2nc(-c3ccc(Cl)cc3)nc3ccccc23)c1.[Cl-]. The second kappa shape index (κ2) is 8.25. The van der Waals surface area contributed by atoms with Crippen LogP contribution in [0.4, 0.5) is 11.5 Å². The van der Waals surface area contributed by atoms with Crippen LogP contribution in [-0.2, 0) is 0 Å². The first-order valence-electron chi connectivity index (χ1n) is 8.17. The van der Waals surface area contributed by atoms with Crippen LogP contribution in [0, 0.1) is 0 Å². The standard InChI is InChI=1S/C21H16ClN3O.ClH/c1-26-17-6-4-5-16(13-17)23-21-18-7-2-3-8-19(18)24-20(25-21)14-9-11-15(22)12-10-14;/h2-13H,1H3,(H,23,24,25);1H/p-1. The van der Waals surface area contributed by atoms with E-state index in [1.54, 1.807) is 7.11 Å². The number of aromatic nitrogens is 2. The fourth-order valence-electron chi connectivity index (χ4n) is 2.74. The summed E-state index contributed by atoms with van der Waals surface area (Å²) in [5.41, 5.74) is 2.68. The van der Waals surface area contributed by atoms with Gasteiger partial charge in [-0.1, -0.05) is 29.8 Å². The average Bonchev–Trinajstić information content (AvgIpc) is 2.68. The van der Waals surface area contributed by atoms with Crippen LogP contribution in [0.15, 0.2) is 72.8 Å². The Hall–Kier alpha value is -2.82. The Labute approximate surface area is 168 Å². The highest BCUT2D eigenvalue weighted by Gasteiger charge is 2.10. The minimum absolute atomic E-state index is 0. The average molecular weight is 397 g/mol. The van der Waals surface area contributed by atoms with E-state index in [0.29, 0.717) is 10.8 Å². The molecule has 0 bridgehead atoms. The van der Waals surface area contributed by atoms with Crippen LogP contribution >= 0.6 is 11.6 Å². The molecule has 0 saturated carbocycles. The maximum absolute atomic E-state index is 6.00. The van der Waals surface area contributed by atoms with E-state index in [-0.39, 0.29) is 12.4 Å². The van der Waals surface area contributed by atoms with E-state index in [9.17, 15) is 0 Å². The largest absolute Gasteiger partial charge is 1.00 e. The fourth-order valence-corrected chi connectivity index (χ4v) is 2.86. The molecule has 1 heterocycles. The van der Waals surface area contributed by atoms with Crippen molar-refractivity contribution in [1.29, 1.82) is 0 Å². The quantitative estimate of drug-likeness (QED) is 0.575. The van der Waals surface area contributed by atoms with E-state index in [4.69, 9.17) is 26.3 Å². The van der Waals surface area contributed by atoms with Crippen LogP contribution in [0.5, 0.6) is 5.75 Å². The lowest BCUT2D eigenvalue weighted by Gasteiger charge is -2.12. The molecule has 0 aliphatic heterocycles. The number of hydrogen-bond donors (Lipinski definition) is 1. The molecule has 1 N–H and O–H groups in total. The molecule has 0 saturated heterocycles. The topological polar surface area (TPSA) is 47.0 Å². The molecule has 1 aromatic heterocycles. The molecule has 4 nitrogen and oxygen atoms in total. The minimum Gasteiger partial charge on any atom is -1.00 e. The number of methoxy groups -OCH3 is 1. The summed E-state index contributed by atoms with van der Waals surface area (Å²) in [5, 5.41) is 5.02. The van der Waals surface area contributed by atoms with Crippen molar-refractivity contribution in [1.82, 2.24) is 9.97 Å². The molecule has 0 aliphatic rings. The number of para-hydroxylation sites is 1. The summed E-state index contributed by atoms with van der Waals surface area (Å²) < 4.78 is 5.30. The number of hydrogen-bond acceptors (Lipinski definition) is 4. The monoisotopic (exact) mass is 396 g/mol. The van der Waals surface area contributed by atoms with E-state index in [2.05, 4.69) is 5.32 Å². The number of fused-ring (bicyclic) bond motifs is 1. The number of benzene rings is 3. The van der Waals surface area contributed by atoms with Gasteiger partial charge in [-0.15, -0.1) is 0 Å². The highest BCUT2D eigenvalue weighted by Crippen LogP contribution is 2.28.